The average Bonchev–Trinajstić information content (AvgIpc) is 1.98. The molecule has 0 aromatic rings. The second kappa shape index (κ2) is 6.51. The normalized spacial score (nSPS) is 13.2. The molecule has 0 spiro atoms. The van der Waals surface area contributed by atoms with Gasteiger partial charge in [-0.1, -0.05) is 34.1 Å². The summed E-state index contributed by atoms with van der Waals surface area (Å²) >= 11 is 0. The smallest absolute Gasteiger partial charge is 0.305 e. The molecule has 94 valence electrons. The molecule has 1 amide bonds. The van der Waals surface area contributed by atoms with E-state index in [2.05, 4.69) is 5.32 Å². The lowest BCUT2D eigenvalue weighted by atomic mass is 9.91. The second-order valence-electron chi connectivity index (χ2n) is 5.39. The summed E-state index contributed by atoms with van der Waals surface area (Å²) in [6.45, 7) is 7.93. The van der Waals surface area contributed by atoms with Crippen molar-refractivity contribution in [2.45, 2.75) is 59.4 Å². The quantitative estimate of drug-likeness (QED) is 0.733. The molecule has 0 aliphatic rings. The highest BCUT2D eigenvalue weighted by atomic mass is 16.4. The van der Waals surface area contributed by atoms with E-state index < -0.39 is 5.97 Å². The number of hydrogen-bond donors (Lipinski definition) is 2. The van der Waals surface area contributed by atoms with Crippen LogP contribution in [0.4, 0.5) is 0 Å². The molecule has 0 aromatic carbocycles. The highest BCUT2D eigenvalue weighted by Gasteiger charge is 2.19. The van der Waals surface area contributed by atoms with Crippen LogP contribution in [0.2, 0.25) is 0 Å². The SMILES string of the molecule is CCCC(CC(=O)O)NC(=O)CC(C)(C)C. The minimum Gasteiger partial charge on any atom is -0.481 e. The topological polar surface area (TPSA) is 66.4 Å². The predicted octanol–water partition coefficient (Wildman–Crippen LogP) is 2.18. The molecular weight excluding hydrogens is 206 g/mol. The van der Waals surface area contributed by atoms with Crippen LogP contribution in [0.25, 0.3) is 0 Å². The van der Waals surface area contributed by atoms with Crippen molar-refractivity contribution in [1.29, 1.82) is 0 Å². The van der Waals surface area contributed by atoms with Crippen LogP contribution < -0.4 is 5.32 Å². The van der Waals surface area contributed by atoms with E-state index in [-0.39, 0.29) is 23.8 Å². The Balaban J connectivity index is 4.17. The molecule has 0 rings (SSSR count). The van der Waals surface area contributed by atoms with Crippen LogP contribution >= 0.6 is 0 Å². The molecule has 16 heavy (non-hydrogen) atoms. The van der Waals surface area contributed by atoms with E-state index in [1.54, 1.807) is 0 Å². The van der Waals surface area contributed by atoms with Gasteiger partial charge in [0.2, 0.25) is 5.91 Å². The molecule has 0 saturated heterocycles. The van der Waals surface area contributed by atoms with Gasteiger partial charge in [0.05, 0.1) is 6.42 Å². The average molecular weight is 229 g/mol. The van der Waals surface area contributed by atoms with Gasteiger partial charge >= 0.3 is 5.97 Å². The summed E-state index contributed by atoms with van der Waals surface area (Å²) in [5.41, 5.74) is -0.0654. The molecule has 0 heterocycles. The summed E-state index contributed by atoms with van der Waals surface area (Å²) in [5, 5.41) is 11.5. The highest BCUT2D eigenvalue weighted by molar-refractivity contribution is 5.77. The van der Waals surface area contributed by atoms with Gasteiger partial charge in [0.1, 0.15) is 0 Å². The van der Waals surface area contributed by atoms with Crippen molar-refractivity contribution < 1.29 is 14.7 Å². The first kappa shape index (κ1) is 14.9. The Morgan fingerprint density at radius 3 is 2.25 bits per heavy atom. The van der Waals surface area contributed by atoms with Gasteiger partial charge in [0.15, 0.2) is 0 Å². The van der Waals surface area contributed by atoms with Gasteiger partial charge in [-0.25, -0.2) is 0 Å². The molecular formula is C12H23NO3. The minimum absolute atomic E-state index is 0.00369. The maximum absolute atomic E-state index is 11.6. The Labute approximate surface area is 97.4 Å². The Kier molecular flexibility index (Phi) is 6.08. The van der Waals surface area contributed by atoms with Crippen molar-refractivity contribution in [1.82, 2.24) is 5.32 Å². The number of hydrogen-bond acceptors (Lipinski definition) is 2. The van der Waals surface area contributed by atoms with Crippen LogP contribution in [0.5, 0.6) is 0 Å². The molecule has 0 aliphatic carbocycles. The lowest BCUT2D eigenvalue weighted by Gasteiger charge is -2.21. The van der Waals surface area contributed by atoms with Crippen LogP contribution in [0, 0.1) is 5.41 Å². The number of nitrogens with one attached hydrogen (secondary N) is 1. The first-order valence-corrected chi connectivity index (χ1v) is 5.75. The maximum atomic E-state index is 11.6. The molecule has 0 aliphatic heterocycles. The fourth-order valence-electron chi connectivity index (χ4n) is 1.54. The van der Waals surface area contributed by atoms with Crippen molar-refractivity contribution >= 4 is 11.9 Å². The van der Waals surface area contributed by atoms with E-state index in [9.17, 15) is 9.59 Å². The molecule has 2 N–H and O–H groups in total. The minimum atomic E-state index is -0.866. The molecule has 0 fully saturated rings. The zero-order chi connectivity index (χ0) is 12.8. The summed E-state index contributed by atoms with van der Waals surface area (Å²) in [6.07, 6.45) is 2.01. The van der Waals surface area contributed by atoms with E-state index in [0.29, 0.717) is 12.8 Å². The Morgan fingerprint density at radius 2 is 1.88 bits per heavy atom. The van der Waals surface area contributed by atoms with E-state index in [1.165, 1.54) is 0 Å². The van der Waals surface area contributed by atoms with Crippen molar-refractivity contribution in [2.75, 3.05) is 0 Å². The van der Waals surface area contributed by atoms with E-state index in [4.69, 9.17) is 5.11 Å². The van der Waals surface area contributed by atoms with Gasteiger partial charge in [0, 0.05) is 12.5 Å². The molecule has 4 nitrogen and oxygen atoms in total. The molecule has 0 radical (unpaired) electrons. The fourth-order valence-corrected chi connectivity index (χ4v) is 1.54. The third-order valence-corrected chi connectivity index (χ3v) is 2.11. The standard InChI is InChI=1S/C12H23NO3/c1-5-6-9(7-11(15)16)13-10(14)8-12(2,3)4/h9H,5-8H2,1-4H3,(H,13,14)(H,15,16). The second-order valence-corrected chi connectivity index (χ2v) is 5.39. The van der Waals surface area contributed by atoms with Crippen LogP contribution in [-0.4, -0.2) is 23.0 Å². The lowest BCUT2D eigenvalue weighted by molar-refractivity contribution is -0.137. The van der Waals surface area contributed by atoms with Gasteiger partial charge in [-0.15, -0.1) is 0 Å². The summed E-state index contributed by atoms with van der Waals surface area (Å²) in [6, 6.07) is -0.239. The van der Waals surface area contributed by atoms with Gasteiger partial charge in [-0.05, 0) is 11.8 Å². The number of aliphatic carboxylic acids is 1. The van der Waals surface area contributed by atoms with E-state index in [1.807, 2.05) is 27.7 Å². The van der Waals surface area contributed by atoms with Gasteiger partial charge in [-0.2, -0.15) is 0 Å². The van der Waals surface area contributed by atoms with Crippen LogP contribution in [0.15, 0.2) is 0 Å². The van der Waals surface area contributed by atoms with Gasteiger partial charge in [-0.3, -0.25) is 9.59 Å². The summed E-state index contributed by atoms with van der Waals surface area (Å²) < 4.78 is 0. The first-order chi connectivity index (χ1) is 7.24. The Bertz CT molecular complexity index is 243. The van der Waals surface area contributed by atoms with Crippen molar-refractivity contribution in [3.8, 4) is 0 Å². The number of carboxylic acids is 1. The van der Waals surface area contributed by atoms with Crippen molar-refractivity contribution in [3.05, 3.63) is 0 Å². The van der Waals surface area contributed by atoms with Crippen LogP contribution in [0.1, 0.15) is 53.4 Å². The molecule has 0 saturated carbocycles. The van der Waals surface area contributed by atoms with Crippen molar-refractivity contribution in [3.63, 3.8) is 0 Å². The number of amides is 1. The number of carboxylic acid groups (broad SMARTS) is 1. The van der Waals surface area contributed by atoms with E-state index in [0.717, 1.165) is 6.42 Å². The maximum Gasteiger partial charge on any atom is 0.305 e. The Hall–Kier alpha value is -1.06. The first-order valence-electron chi connectivity index (χ1n) is 5.75. The van der Waals surface area contributed by atoms with Crippen molar-refractivity contribution in [2.24, 2.45) is 5.41 Å². The molecule has 1 atom stereocenters. The fraction of sp³-hybridized carbons (Fsp3) is 0.833. The molecule has 0 bridgehead atoms. The summed E-state index contributed by atoms with van der Waals surface area (Å²) in [5.74, 6) is -0.929. The number of rotatable bonds is 6. The summed E-state index contributed by atoms with van der Waals surface area (Å²) in [7, 11) is 0. The van der Waals surface area contributed by atoms with Crippen LogP contribution in [-0.2, 0) is 9.59 Å². The molecule has 0 aromatic heterocycles. The van der Waals surface area contributed by atoms with Crippen LogP contribution in [0.3, 0.4) is 0 Å². The monoisotopic (exact) mass is 229 g/mol. The number of carbonyl (C=O) groups is 2. The van der Waals surface area contributed by atoms with E-state index >= 15 is 0 Å². The largest absolute Gasteiger partial charge is 0.481 e. The molecule has 4 heteroatoms. The molecule has 1 unspecified atom stereocenters. The lowest BCUT2D eigenvalue weighted by Crippen LogP contribution is -2.38. The third kappa shape index (κ3) is 8.26. The summed E-state index contributed by atoms with van der Waals surface area (Å²) in [4.78, 5) is 22.2. The third-order valence-electron chi connectivity index (χ3n) is 2.11. The van der Waals surface area contributed by atoms with Gasteiger partial charge < -0.3 is 10.4 Å². The zero-order valence-electron chi connectivity index (χ0n) is 10.7. The number of carbonyl (C=O) groups excluding carboxylic acids is 1. The van der Waals surface area contributed by atoms with Gasteiger partial charge in [0.25, 0.3) is 0 Å². The zero-order valence-corrected chi connectivity index (χ0v) is 10.7. The predicted molar refractivity (Wildman–Crippen MR) is 63.2 cm³/mol. The Morgan fingerprint density at radius 1 is 1.31 bits per heavy atom. The highest BCUT2D eigenvalue weighted by Crippen LogP contribution is 2.18.